The molecule has 38 heavy (non-hydrogen) atoms. The van der Waals surface area contributed by atoms with E-state index in [1.165, 1.54) is 11.0 Å². The molecule has 0 aromatic heterocycles. The predicted octanol–water partition coefficient (Wildman–Crippen LogP) is 4.09. The SMILES string of the molecule is CC[C@H](C(=O)NC1CCCCC1)N(Cc1ccccc1Cl)C(=O)CN(c1ccc2c(c1)OCO2)S(C)(=O)=O. The zero-order chi connectivity index (χ0) is 27.3. The average Bonchev–Trinajstić information content (AvgIpc) is 3.36. The predicted molar refractivity (Wildman–Crippen MR) is 146 cm³/mol. The summed E-state index contributed by atoms with van der Waals surface area (Å²) >= 11 is 6.41. The normalized spacial score (nSPS) is 16.1. The largest absolute Gasteiger partial charge is 0.454 e. The second-order valence-corrected chi connectivity index (χ2v) is 12.0. The molecule has 2 aromatic rings. The number of carbonyl (C=O) groups is 2. The molecular formula is C27H34ClN3O6S. The molecule has 1 atom stereocenters. The Morgan fingerprint density at radius 1 is 1.08 bits per heavy atom. The minimum Gasteiger partial charge on any atom is -0.454 e. The molecule has 0 saturated heterocycles. The summed E-state index contributed by atoms with van der Waals surface area (Å²) in [7, 11) is -3.86. The molecule has 11 heteroatoms. The highest BCUT2D eigenvalue weighted by molar-refractivity contribution is 7.92. The van der Waals surface area contributed by atoms with E-state index in [-0.39, 0.29) is 31.0 Å². The van der Waals surface area contributed by atoms with Crippen molar-refractivity contribution in [2.45, 2.75) is 64.1 Å². The van der Waals surface area contributed by atoms with Crippen molar-refractivity contribution in [1.82, 2.24) is 10.2 Å². The first kappa shape index (κ1) is 28.0. The van der Waals surface area contributed by atoms with Gasteiger partial charge in [-0.2, -0.15) is 0 Å². The van der Waals surface area contributed by atoms with E-state index in [4.69, 9.17) is 21.1 Å². The summed E-state index contributed by atoms with van der Waals surface area (Å²) in [6, 6.07) is 11.1. The van der Waals surface area contributed by atoms with Crippen LogP contribution in [0.1, 0.15) is 51.0 Å². The first-order chi connectivity index (χ1) is 18.2. The Bertz CT molecular complexity index is 1270. The molecule has 0 spiro atoms. The Hall–Kier alpha value is -2.98. The van der Waals surface area contributed by atoms with Crippen molar-refractivity contribution in [3.8, 4) is 11.5 Å². The number of nitrogens with zero attached hydrogens (tertiary/aromatic N) is 2. The fourth-order valence-corrected chi connectivity index (χ4v) is 5.96. The number of sulfonamides is 1. The molecule has 0 bridgehead atoms. The van der Waals surface area contributed by atoms with Crippen LogP contribution in [-0.4, -0.2) is 56.8 Å². The number of amides is 2. The lowest BCUT2D eigenvalue weighted by atomic mass is 9.95. The number of fused-ring (bicyclic) bond motifs is 1. The molecule has 1 aliphatic carbocycles. The van der Waals surface area contributed by atoms with Gasteiger partial charge in [0.25, 0.3) is 0 Å². The van der Waals surface area contributed by atoms with Gasteiger partial charge in [0.15, 0.2) is 11.5 Å². The van der Waals surface area contributed by atoms with Crippen molar-refractivity contribution in [2.24, 2.45) is 0 Å². The topological polar surface area (TPSA) is 105 Å². The van der Waals surface area contributed by atoms with Gasteiger partial charge in [0.05, 0.1) is 11.9 Å². The second-order valence-electron chi connectivity index (χ2n) is 9.69. The zero-order valence-electron chi connectivity index (χ0n) is 21.7. The van der Waals surface area contributed by atoms with E-state index in [0.29, 0.717) is 28.5 Å². The van der Waals surface area contributed by atoms with Crippen LogP contribution in [0.25, 0.3) is 0 Å². The fraction of sp³-hybridized carbons (Fsp3) is 0.481. The maximum atomic E-state index is 13.9. The molecule has 1 aliphatic heterocycles. The van der Waals surface area contributed by atoms with Crippen molar-refractivity contribution in [2.75, 3.05) is 23.9 Å². The smallest absolute Gasteiger partial charge is 0.244 e. The molecule has 0 unspecified atom stereocenters. The highest BCUT2D eigenvalue weighted by Crippen LogP contribution is 2.36. The number of ether oxygens (including phenoxy) is 2. The van der Waals surface area contributed by atoms with Crippen molar-refractivity contribution >= 4 is 39.1 Å². The quantitative estimate of drug-likeness (QED) is 0.467. The maximum absolute atomic E-state index is 13.9. The summed E-state index contributed by atoms with van der Waals surface area (Å²) in [5.41, 5.74) is 0.933. The number of hydrogen-bond acceptors (Lipinski definition) is 6. The first-order valence-electron chi connectivity index (χ1n) is 12.9. The molecule has 1 N–H and O–H groups in total. The molecule has 206 valence electrons. The summed E-state index contributed by atoms with van der Waals surface area (Å²) < 4.78 is 37.4. The molecule has 9 nitrogen and oxygen atoms in total. The molecule has 2 aromatic carbocycles. The number of rotatable bonds is 10. The van der Waals surface area contributed by atoms with Crippen LogP contribution in [0.4, 0.5) is 5.69 Å². The lowest BCUT2D eigenvalue weighted by Gasteiger charge is -2.34. The molecule has 2 amide bonds. The fourth-order valence-electron chi connectivity index (χ4n) is 4.93. The van der Waals surface area contributed by atoms with Gasteiger partial charge in [-0.05, 0) is 43.0 Å². The molecule has 1 heterocycles. The third-order valence-electron chi connectivity index (χ3n) is 6.96. The van der Waals surface area contributed by atoms with E-state index in [1.807, 2.05) is 13.0 Å². The Morgan fingerprint density at radius 3 is 2.47 bits per heavy atom. The molecular weight excluding hydrogens is 530 g/mol. The van der Waals surface area contributed by atoms with Gasteiger partial charge in [0.1, 0.15) is 12.6 Å². The average molecular weight is 564 g/mol. The van der Waals surface area contributed by atoms with Gasteiger partial charge in [-0.3, -0.25) is 13.9 Å². The zero-order valence-corrected chi connectivity index (χ0v) is 23.3. The van der Waals surface area contributed by atoms with Crippen molar-refractivity contribution in [3.63, 3.8) is 0 Å². The third kappa shape index (κ3) is 6.71. The van der Waals surface area contributed by atoms with Crippen LogP contribution in [0.3, 0.4) is 0 Å². The van der Waals surface area contributed by atoms with E-state index < -0.39 is 28.5 Å². The lowest BCUT2D eigenvalue weighted by molar-refractivity contribution is -0.140. The lowest BCUT2D eigenvalue weighted by Crippen LogP contribution is -2.54. The number of carbonyl (C=O) groups excluding carboxylic acids is 2. The van der Waals surface area contributed by atoms with Crippen LogP contribution in [0, 0.1) is 0 Å². The van der Waals surface area contributed by atoms with Crippen molar-refractivity contribution in [3.05, 3.63) is 53.1 Å². The minimum absolute atomic E-state index is 0.0382. The van der Waals surface area contributed by atoms with Gasteiger partial charge in [0.2, 0.25) is 28.6 Å². The molecule has 1 fully saturated rings. The Balaban J connectivity index is 1.63. The highest BCUT2D eigenvalue weighted by atomic mass is 35.5. The number of benzene rings is 2. The highest BCUT2D eigenvalue weighted by Gasteiger charge is 2.33. The van der Waals surface area contributed by atoms with Crippen LogP contribution in [-0.2, 0) is 26.2 Å². The van der Waals surface area contributed by atoms with Crippen LogP contribution in [0.15, 0.2) is 42.5 Å². The minimum atomic E-state index is -3.86. The molecule has 2 aliphatic rings. The number of nitrogens with one attached hydrogen (secondary N) is 1. The Kier molecular flexibility index (Phi) is 9.04. The van der Waals surface area contributed by atoms with Gasteiger partial charge >= 0.3 is 0 Å². The third-order valence-corrected chi connectivity index (χ3v) is 8.47. The van der Waals surface area contributed by atoms with E-state index in [2.05, 4.69) is 5.32 Å². The Morgan fingerprint density at radius 2 is 1.79 bits per heavy atom. The number of halogens is 1. The van der Waals surface area contributed by atoms with Crippen LogP contribution < -0.4 is 19.1 Å². The van der Waals surface area contributed by atoms with Gasteiger partial charge in [-0.15, -0.1) is 0 Å². The summed E-state index contributed by atoms with van der Waals surface area (Å²) in [6.45, 7) is 1.45. The van der Waals surface area contributed by atoms with E-state index >= 15 is 0 Å². The Labute approximate surface area is 229 Å². The molecule has 0 radical (unpaired) electrons. The number of anilines is 1. The van der Waals surface area contributed by atoms with Crippen molar-refractivity contribution < 1.29 is 27.5 Å². The summed E-state index contributed by atoms with van der Waals surface area (Å²) in [6.07, 6.45) is 6.49. The first-order valence-corrected chi connectivity index (χ1v) is 15.1. The van der Waals surface area contributed by atoms with Crippen LogP contribution in [0.5, 0.6) is 11.5 Å². The second kappa shape index (κ2) is 12.3. The van der Waals surface area contributed by atoms with Gasteiger partial charge in [-0.25, -0.2) is 8.42 Å². The molecule has 1 saturated carbocycles. The van der Waals surface area contributed by atoms with E-state index in [1.54, 1.807) is 30.3 Å². The summed E-state index contributed by atoms with van der Waals surface area (Å²) in [5, 5.41) is 3.58. The van der Waals surface area contributed by atoms with Crippen LogP contribution in [0.2, 0.25) is 5.02 Å². The van der Waals surface area contributed by atoms with E-state index in [9.17, 15) is 18.0 Å². The van der Waals surface area contributed by atoms with E-state index in [0.717, 1.165) is 42.7 Å². The maximum Gasteiger partial charge on any atom is 0.244 e. The van der Waals surface area contributed by atoms with Gasteiger partial charge < -0.3 is 19.7 Å². The monoisotopic (exact) mass is 563 g/mol. The van der Waals surface area contributed by atoms with Crippen molar-refractivity contribution in [1.29, 1.82) is 0 Å². The summed E-state index contributed by atoms with van der Waals surface area (Å²) in [4.78, 5) is 28.7. The van der Waals surface area contributed by atoms with Crippen LogP contribution >= 0.6 is 11.6 Å². The van der Waals surface area contributed by atoms with Gasteiger partial charge in [0, 0.05) is 23.7 Å². The standard InChI is InChI=1S/C27H34ClN3O6S/c1-3-23(27(33)29-20-10-5-4-6-11-20)30(16-19-9-7-8-12-22(19)28)26(32)17-31(38(2,34)35)21-13-14-24-25(15-21)37-18-36-24/h7-9,12-15,20,23H,3-6,10-11,16-18H2,1-2H3,(H,29,33)/t23-/m1/s1. The number of hydrogen-bond donors (Lipinski definition) is 1. The summed E-state index contributed by atoms with van der Waals surface area (Å²) in [5.74, 6) is 0.140. The van der Waals surface area contributed by atoms with Gasteiger partial charge in [-0.1, -0.05) is 56.0 Å². The molecule has 4 rings (SSSR count).